The van der Waals surface area contributed by atoms with Gasteiger partial charge in [0.25, 0.3) is 5.91 Å². The van der Waals surface area contributed by atoms with Crippen LogP contribution in [0, 0.1) is 0 Å². The minimum atomic E-state index is -0.186. The molecule has 94 valence electrons. The van der Waals surface area contributed by atoms with Gasteiger partial charge in [-0.05, 0) is 32.4 Å². The molecule has 0 atom stereocenters. The van der Waals surface area contributed by atoms with Crippen molar-refractivity contribution in [2.45, 2.75) is 26.4 Å². The summed E-state index contributed by atoms with van der Waals surface area (Å²) in [5, 5.41) is 2.77. The Hall–Kier alpha value is -1.62. The number of ether oxygens (including phenoxy) is 1. The number of carbonyl (C=O) groups is 1. The second kappa shape index (κ2) is 6.85. The maximum atomic E-state index is 11.6. The molecule has 5 nitrogen and oxygen atoms in total. The van der Waals surface area contributed by atoms with Crippen LogP contribution in [0.1, 0.15) is 30.8 Å². The number of amides is 1. The number of pyridine rings is 1. The second-order valence-electron chi connectivity index (χ2n) is 4.01. The fourth-order valence-electron chi connectivity index (χ4n) is 1.22. The fraction of sp³-hybridized carbons (Fsp3) is 0.500. The number of carbonyl (C=O) groups excluding carboxylic acids is 1. The van der Waals surface area contributed by atoms with Gasteiger partial charge in [0, 0.05) is 13.2 Å². The Labute approximate surface area is 101 Å². The third kappa shape index (κ3) is 5.31. The lowest BCUT2D eigenvalue weighted by molar-refractivity contribution is 0.0756. The number of anilines is 1. The number of nitrogen functional groups attached to an aromatic ring is 1. The van der Waals surface area contributed by atoms with E-state index in [1.54, 1.807) is 12.1 Å². The highest BCUT2D eigenvalue weighted by Gasteiger charge is 2.05. The van der Waals surface area contributed by atoms with Crippen molar-refractivity contribution in [1.29, 1.82) is 0 Å². The maximum Gasteiger partial charge on any atom is 0.269 e. The summed E-state index contributed by atoms with van der Waals surface area (Å²) in [7, 11) is 0. The second-order valence-corrected chi connectivity index (χ2v) is 4.01. The van der Waals surface area contributed by atoms with Crippen LogP contribution < -0.4 is 11.1 Å². The number of nitrogens with one attached hydrogen (secondary N) is 1. The van der Waals surface area contributed by atoms with Gasteiger partial charge in [-0.15, -0.1) is 0 Å². The van der Waals surface area contributed by atoms with Crippen LogP contribution in [0.5, 0.6) is 0 Å². The molecule has 0 aliphatic carbocycles. The summed E-state index contributed by atoms with van der Waals surface area (Å²) in [5.41, 5.74) is 6.41. The largest absolute Gasteiger partial charge is 0.397 e. The van der Waals surface area contributed by atoms with E-state index in [0.29, 0.717) is 24.5 Å². The first kappa shape index (κ1) is 13.4. The van der Waals surface area contributed by atoms with Crippen LogP contribution in [0.4, 0.5) is 5.69 Å². The zero-order chi connectivity index (χ0) is 12.7. The van der Waals surface area contributed by atoms with Crippen molar-refractivity contribution in [2.24, 2.45) is 0 Å². The molecular weight excluding hydrogens is 218 g/mol. The number of nitrogens with zero attached hydrogens (tertiary/aromatic N) is 1. The normalized spacial score (nSPS) is 10.5. The maximum absolute atomic E-state index is 11.6. The molecule has 0 radical (unpaired) electrons. The number of rotatable bonds is 6. The predicted molar refractivity (Wildman–Crippen MR) is 66.7 cm³/mol. The molecule has 1 rings (SSSR count). The van der Waals surface area contributed by atoms with E-state index in [1.165, 1.54) is 6.20 Å². The minimum Gasteiger partial charge on any atom is -0.397 e. The Balaban J connectivity index is 2.23. The molecule has 3 N–H and O–H groups in total. The molecule has 1 aromatic rings. The summed E-state index contributed by atoms with van der Waals surface area (Å²) in [4.78, 5) is 15.5. The summed E-state index contributed by atoms with van der Waals surface area (Å²) in [6.07, 6.45) is 2.49. The third-order valence-corrected chi connectivity index (χ3v) is 2.08. The number of hydrogen-bond donors (Lipinski definition) is 2. The highest BCUT2D eigenvalue weighted by molar-refractivity contribution is 5.92. The van der Waals surface area contributed by atoms with E-state index < -0.39 is 0 Å². The van der Waals surface area contributed by atoms with Gasteiger partial charge in [-0.3, -0.25) is 4.79 Å². The molecule has 0 aromatic carbocycles. The van der Waals surface area contributed by atoms with Crippen LogP contribution in [0.3, 0.4) is 0 Å². The van der Waals surface area contributed by atoms with E-state index in [4.69, 9.17) is 10.5 Å². The quantitative estimate of drug-likeness (QED) is 0.729. The number of hydrogen-bond acceptors (Lipinski definition) is 4. The lowest BCUT2D eigenvalue weighted by Gasteiger charge is -2.08. The number of nitrogens with two attached hydrogens (primary N) is 1. The Morgan fingerprint density at radius 3 is 2.88 bits per heavy atom. The molecule has 1 heterocycles. The first-order valence-corrected chi connectivity index (χ1v) is 5.71. The molecule has 0 unspecified atom stereocenters. The van der Waals surface area contributed by atoms with Crippen LogP contribution in [0.2, 0.25) is 0 Å². The van der Waals surface area contributed by atoms with Crippen LogP contribution in [0.25, 0.3) is 0 Å². The topological polar surface area (TPSA) is 77.2 Å². The molecule has 1 aromatic heterocycles. The van der Waals surface area contributed by atoms with E-state index in [9.17, 15) is 4.79 Å². The average molecular weight is 237 g/mol. The first-order chi connectivity index (χ1) is 8.09. The van der Waals surface area contributed by atoms with Crippen molar-refractivity contribution in [3.63, 3.8) is 0 Å². The zero-order valence-corrected chi connectivity index (χ0v) is 10.3. The van der Waals surface area contributed by atoms with Crippen molar-refractivity contribution in [2.75, 3.05) is 18.9 Å². The van der Waals surface area contributed by atoms with Gasteiger partial charge in [0.1, 0.15) is 5.69 Å². The Morgan fingerprint density at radius 2 is 2.29 bits per heavy atom. The SMILES string of the molecule is CC(C)OCCCNC(=O)c1ccc(N)cn1. The predicted octanol–water partition coefficient (Wildman–Crippen LogP) is 1.21. The molecule has 0 aliphatic heterocycles. The minimum absolute atomic E-state index is 0.186. The first-order valence-electron chi connectivity index (χ1n) is 5.71. The summed E-state index contributed by atoms with van der Waals surface area (Å²) < 4.78 is 5.36. The lowest BCUT2D eigenvalue weighted by Crippen LogP contribution is -2.26. The molecule has 0 fully saturated rings. The van der Waals surface area contributed by atoms with Crippen molar-refractivity contribution in [3.05, 3.63) is 24.0 Å². The van der Waals surface area contributed by atoms with Gasteiger partial charge in [-0.25, -0.2) is 4.98 Å². The summed E-state index contributed by atoms with van der Waals surface area (Å²) in [6.45, 7) is 5.19. The highest BCUT2D eigenvalue weighted by atomic mass is 16.5. The summed E-state index contributed by atoms with van der Waals surface area (Å²) in [6, 6.07) is 3.26. The molecule has 1 amide bonds. The molecule has 5 heteroatoms. The van der Waals surface area contributed by atoms with Crippen molar-refractivity contribution in [1.82, 2.24) is 10.3 Å². The third-order valence-electron chi connectivity index (χ3n) is 2.08. The lowest BCUT2D eigenvalue weighted by atomic mass is 10.3. The summed E-state index contributed by atoms with van der Waals surface area (Å²) in [5.74, 6) is -0.186. The molecule has 17 heavy (non-hydrogen) atoms. The Kier molecular flexibility index (Phi) is 5.42. The van der Waals surface area contributed by atoms with E-state index in [-0.39, 0.29) is 12.0 Å². The molecule has 0 bridgehead atoms. The molecule has 0 spiro atoms. The van der Waals surface area contributed by atoms with Crippen LogP contribution in [0.15, 0.2) is 18.3 Å². The van der Waals surface area contributed by atoms with Gasteiger partial charge in [0.05, 0.1) is 18.0 Å². The molecule has 0 saturated heterocycles. The van der Waals surface area contributed by atoms with Crippen molar-refractivity contribution < 1.29 is 9.53 Å². The van der Waals surface area contributed by atoms with Gasteiger partial charge in [-0.2, -0.15) is 0 Å². The highest BCUT2D eigenvalue weighted by Crippen LogP contribution is 2.00. The van der Waals surface area contributed by atoms with E-state index in [2.05, 4.69) is 10.3 Å². The Bertz CT molecular complexity index is 349. The fourth-order valence-corrected chi connectivity index (χ4v) is 1.22. The standard InChI is InChI=1S/C12H19N3O2/c1-9(2)17-7-3-6-14-12(16)11-5-4-10(13)8-15-11/h4-5,8-9H,3,6-7,13H2,1-2H3,(H,14,16). The van der Waals surface area contributed by atoms with Gasteiger partial charge in [-0.1, -0.05) is 0 Å². The molecular formula is C12H19N3O2. The number of aromatic nitrogens is 1. The van der Waals surface area contributed by atoms with Crippen LogP contribution in [-0.2, 0) is 4.74 Å². The average Bonchev–Trinajstić information content (AvgIpc) is 2.29. The van der Waals surface area contributed by atoms with Crippen LogP contribution >= 0.6 is 0 Å². The monoisotopic (exact) mass is 237 g/mol. The smallest absolute Gasteiger partial charge is 0.269 e. The zero-order valence-electron chi connectivity index (χ0n) is 10.3. The van der Waals surface area contributed by atoms with E-state index >= 15 is 0 Å². The van der Waals surface area contributed by atoms with E-state index in [1.807, 2.05) is 13.8 Å². The van der Waals surface area contributed by atoms with Gasteiger partial charge >= 0.3 is 0 Å². The van der Waals surface area contributed by atoms with Crippen LogP contribution in [-0.4, -0.2) is 30.1 Å². The molecule has 0 aliphatic rings. The van der Waals surface area contributed by atoms with Gasteiger partial charge < -0.3 is 15.8 Å². The van der Waals surface area contributed by atoms with E-state index in [0.717, 1.165) is 6.42 Å². The molecule has 0 saturated carbocycles. The van der Waals surface area contributed by atoms with Gasteiger partial charge in [0.2, 0.25) is 0 Å². The Morgan fingerprint density at radius 1 is 1.53 bits per heavy atom. The van der Waals surface area contributed by atoms with Crippen molar-refractivity contribution >= 4 is 11.6 Å². The van der Waals surface area contributed by atoms with Gasteiger partial charge in [0.15, 0.2) is 0 Å². The summed E-state index contributed by atoms with van der Waals surface area (Å²) >= 11 is 0. The van der Waals surface area contributed by atoms with Crippen molar-refractivity contribution in [3.8, 4) is 0 Å².